The van der Waals surface area contributed by atoms with Crippen molar-refractivity contribution in [3.63, 3.8) is 0 Å². The molecule has 2 rings (SSSR count). The first kappa shape index (κ1) is 12.5. The van der Waals surface area contributed by atoms with Gasteiger partial charge < -0.3 is 15.2 Å². The van der Waals surface area contributed by atoms with Gasteiger partial charge in [0, 0.05) is 19.5 Å². The SMILES string of the molecule is CCc1ncc(S(=O)(=O)N2C[C@@H](O)[C@@H](O)C2)[nH]1. The molecule has 1 fully saturated rings. The van der Waals surface area contributed by atoms with Crippen LogP contribution in [0.2, 0.25) is 0 Å². The molecule has 0 spiro atoms. The van der Waals surface area contributed by atoms with Crippen molar-refractivity contribution >= 4 is 10.0 Å². The molecule has 0 saturated carbocycles. The van der Waals surface area contributed by atoms with Gasteiger partial charge in [-0.2, -0.15) is 4.31 Å². The topological polar surface area (TPSA) is 107 Å². The summed E-state index contributed by atoms with van der Waals surface area (Å²) in [6.07, 6.45) is -0.192. The van der Waals surface area contributed by atoms with Crippen molar-refractivity contribution < 1.29 is 18.6 Å². The van der Waals surface area contributed by atoms with Crippen LogP contribution >= 0.6 is 0 Å². The third kappa shape index (κ3) is 2.21. The van der Waals surface area contributed by atoms with Gasteiger partial charge in [-0.3, -0.25) is 0 Å². The minimum Gasteiger partial charge on any atom is -0.389 e. The number of aromatic nitrogens is 2. The summed E-state index contributed by atoms with van der Waals surface area (Å²) in [5, 5.41) is 18.7. The van der Waals surface area contributed by atoms with Crippen LogP contribution in [0, 0.1) is 0 Å². The second-order valence-corrected chi connectivity index (χ2v) is 5.91. The average molecular weight is 261 g/mol. The number of aliphatic hydroxyl groups is 2. The average Bonchev–Trinajstić information content (AvgIpc) is 2.87. The molecule has 1 aliphatic heterocycles. The molecule has 1 saturated heterocycles. The maximum atomic E-state index is 12.1. The fourth-order valence-electron chi connectivity index (χ4n) is 1.72. The molecule has 1 aliphatic rings. The molecule has 0 aliphatic carbocycles. The molecule has 7 nitrogen and oxygen atoms in total. The lowest BCUT2D eigenvalue weighted by molar-refractivity contribution is 0.0572. The molecule has 1 aromatic heterocycles. The van der Waals surface area contributed by atoms with Crippen molar-refractivity contribution in [2.24, 2.45) is 0 Å². The minimum absolute atomic E-state index is 0.00403. The van der Waals surface area contributed by atoms with Crippen LogP contribution in [0.15, 0.2) is 11.2 Å². The Morgan fingerprint density at radius 2 is 2.06 bits per heavy atom. The molecule has 8 heteroatoms. The highest BCUT2D eigenvalue weighted by molar-refractivity contribution is 7.89. The first-order valence-electron chi connectivity index (χ1n) is 5.35. The molecular formula is C9H15N3O4S. The van der Waals surface area contributed by atoms with Crippen LogP contribution in [0.5, 0.6) is 0 Å². The summed E-state index contributed by atoms with van der Waals surface area (Å²) >= 11 is 0. The zero-order valence-electron chi connectivity index (χ0n) is 9.37. The van der Waals surface area contributed by atoms with E-state index in [4.69, 9.17) is 0 Å². The molecular weight excluding hydrogens is 246 g/mol. The summed E-state index contributed by atoms with van der Waals surface area (Å²) in [4.78, 5) is 6.63. The molecule has 96 valence electrons. The van der Waals surface area contributed by atoms with E-state index in [1.165, 1.54) is 6.20 Å². The maximum Gasteiger partial charge on any atom is 0.260 e. The number of aliphatic hydroxyl groups excluding tert-OH is 2. The van der Waals surface area contributed by atoms with Gasteiger partial charge in [0.15, 0.2) is 5.03 Å². The summed E-state index contributed by atoms with van der Waals surface area (Å²) in [6.45, 7) is 1.67. The number of nitrogens with one attached hydrogen (secondary N) is 1. The third-order valence-electron chi connectivity index (χ3n) is 2.78. The second kappa shape index (κ2) is 4.37. The summed E-state index contributed by atoms with van der Waals surface area (Å²) in [5.74, 6) is 0.587. The Labute approximate surface area is 99.2 Å². The van der Waals surface area contributed by atoms with E-state index in [0.29, 0.717) is 12.2 Å². The van der Waals surface area contributed by atoms with Crippen molar-refractivity contribution in [1.29, 1.82) is 0 Å². The standard InChI is InChI=1S/C9H15N3O4S/c1-2-8-10-3-9(11-8)17(15,16)12-4-6(13)7(14)5-12/h3,6-7,13-14H,2,4-5H2,1H3,(H,10,11)/t6-,7+. The van der Waals surface area contributed by atoms with Gasteiger partial charge in [0.1, 0.15) is 5.82 Å². The lowest BCUT2D eigenvalue weighted by atomic mass is 10.3. The van der Waals surface area contributed by atoms with E-state index in [-0.39, 0.29) is 18.1 Å². The number of H-pyrrole nitrogens is 1. The van der Waals surface area contributed by atoms with Crippen molar-refractivity contribution in [2.45, 2.75) is 30.6 Å². The summed E-state index contributed by atoms with van der Waals surface area (Å²) in [6, 6.07) is 0. The molecule has 0 unspecified atom stereocenters. The molecule has 2 heterocycles. The van der Waals surface area contributed by atoms with Crippen LogP contribution in [-0.2, 0) is 16.4 Å². The Morgan fingerprint density at radius 1 is 1.47 bits per heavy atom. The van der Waals surface area contributed by atoms with Crippen molar-refractivity contribution in [2.75, 3.05) is 13.1 Å². The predicted octanol–water partition coefficient (Wildman–Crippen LogP) is -1.30. The van der Waals surface area contributed by atoms with E-state index in [2.05, 4.69) is 9.97 Å². The largest absolute Gasteiger partial charge is 0.389 e. The van der Waals surface area contributed by atoms with Crippen LogP contribution in [0.1, 0.15) is 12.7 Å². The van der Waals surface area contributed by atoms with Gasteiger partial charge in [0.05, 0.1) is 18.4 Å². The number of aromatic amines is 1. The lowest BCUT2D eigenvalue weighted by Gasteiger charge is -2.13. The molecule has 17 heavy (non-hydrogen) atoms. The fraction of sp³-hybridized carbons (Fsp3) is 0.667. The number of hydrogen-bond donors (Lipinski definition) is 3. The molecule has 0 aromatic carbocycles. The van der Waals surface area contributed by atoms with Gasteiger partial charge in [-0.15, -0.1) is 0 Å². The van der Waals surface area contributed by atoms with Crippen LogP contribution in [0.3, 0.4) is 0 Å². The van der Waals surface area contributed by atoms with Gasteiger partial charge in [0.25, 0.3) is 10.0 Å². The number of aryl methyl sites for hydroxylation is 1. The highest BCUT2D eigenvalue weighted by Crippen LogP contribution is 2.20. The maximum absolute atomic E-state index is 12.1. The van der Waals surface area contributed by atoms with Crippen molar-refractivity contribution in [3.8, 4) is 0 Å². The number of sulfonamides is 1. The van der Waals surface area contributed by atoms with Gasteiger partial charge in [-0.25, -0.2) is 13.4 Å². The van der Waals surface area contributed by atoms with Crippen molar-refractivity contribution in [1.82, 2.24) is 14.3 Å². The first-order valence-corrected chi connectivity index (χ1v) is 6.79. The quantitative estimate of drug-likeness (QED) is 0.627. The van der Waals surface area contributed by atoms with E-state index in [0.717, 1.165) is 4.31 Å². The highest BCUT2D eigenvalue weighted by atomic mass is 32.2. The first-order chi connectivity index (χ1) is 7.95. The highest BCUT2D eigenvalue weighted by Gasteiger charge is 2.38. The monoisotopic (exact) mass is 261 g/mol. The van der Waals surface area contributed by atoms with E-state index in [1.54, 1.807) is 0 Å². The summed E-state index contributed by atoms with van der Waals surface area (Å²) in [7, 11) is -3.70. The number of imidazole rings is 1. The zero-order valence-corrected chi connectivity index (χ0v) is 10.2. The second-order valence-electron chi connectivity index (χ2n) is 4.00. The Balaban J connectivity index is 2.25. The predicted molar refractivity (Wildman–Crippen MR) is 58.7 cm³/mol. The smallest absolute Gasteiger partial charge is 0.260 e. The Morgan fingerprint density at radius 3 is 2.53 bits per heavy atom. The van der Waals surface area contributed by atoms with Crippen LogP contribution < -0.4 is 0 Å². The minimum atomic E-state index is -3.70. The van der Waals surface area contributed by atoms with E-state index in [1.807, 2.05) is 6.92 Å². The summed E-state index contributed by atoms with van der Waals surface area (Å²) < 4.78 is 25.2. The summed E-state index contributed by atoms with van der Waals surface area (Å²) in [5.41, 5.74) is 0. The fourth-order valence-corrected chi connectivity index (χ4v) is 3.13. The Bertz CT molecular complexity index is 488. The van der Waals surface area contributed by atoms with Gasteiger partial charge >= 0.3 is 0 Å². The number of hydrogen-bond acceptors (Lipinski definition) is 5. The van der Waals surface area contributed by atoms with Gasteiger partial charge in [0.2, 0.25) is 0 Å². The lowest BCUT2D eigenvalue weighted by Crippen LogP contribution is -2.30. The molecule has 3 N–H and O–H groups in total. The normalized spacial score (nSPS) is 26.5. The van der Waals surface area contributed by atoms with Gasteiger partial charge in [-0.1, -0.05) is 6.92 Å². The molecule has 0 radical (unpaired) electrons. The van der Waals surface area contributed by atoms with Gasteiger partial charge in [-0.05, 0) is 0 Å². The molecule has 2 atom stereocenters. The van der Waals surface area contributed by atoms with Crippen LogP contribution in [0.25, 0.3) is 0 Å². The number of nitrogens with zero attached hydrogens (tertiary/aromatic N) is 2. The molecule has 1 aromatic rings. The Kier molecular flexibility index (Phi) is 3.21. The zero-order chi connectivity index (χ0) is 12.6. The van der Waals surface area contributed by atoms with Crippen LogP contribution in [0.4, 0.5) is 0 Å². The number of β-amino-alcohol motifs (C(OH)–C–C–N with tert-alkyl or cyclic N) is 2. The molecule has 0 amide bonds. The van der Waals surface area contributed by atoms with E-state index < -0.39 is 22.2 Å². The number of rotatable bonds is 3. The van der Waals surface area contributed by atoms with E-state index >= 15 is 0 Å². The van der Waals surface area contributed by atoms with Crippen LogP contribution in [-0.4, -0.2) is 58.2 Å². The van der Waals surface area contributed by atoms with E-state index in [9.17, 15) is 18.6 Å². The van der Waals surface area contributed by atoms with Crippen molar-refractivity contribution in [3.05, 3.63) is 12.0 Å². The molecule has 0 bridgehead atoms. The third-order valence-corrected chi connectivity index (χ3v) is 4.52. The Hall–Kier alpha value is -0.960.